The molecular formula is C15H13ClF3N3O2. The van der Waals surface area contributed by atoms with E-state index >= 15 is 0 Å². The Morgan fingerprint density at radius 1 is 1.42 bits per heavy atom. The van der Waals surface area contributed by atoms with Crippen LogP contribution in [0.2, 0.25) is 5.02 Å². The van der Waals surface area contributed by atoms with Crippen LogP contribution in [0.4, 0.5) is 23.7 Å². The number of urea groups is 1. The van der Waals surface area contributed by atoms with Crippen molar-refractivity contribution < 1.29 is 23.1 Å². The van der Waals surface area contributed by atoms with Gasteiger partial charge in [-0.15, -0.1) is 0 Å². The molecule has 0 spiro atoms. The molecule has 2 heterocycles. The van der Waals surface area contributed by atoms with Gasteiger partial charge in [-0.2, -0.15) is 18.4 Å². The summed E-state index contributed by atoms with van der Waals surface area (Å²) >= 11 is 6.03. The molecule has 1 N–H and O–H groups in total. The van der Waals surface area contributed by atoms with Gasteiger partial charge in [0.2, 0.25) is 0 Å². The lowest BCUT2D eigenvalue weighted by Crippen LogP contribution is -2.51. The average Bonchev–Trinajstić information content (AvgIpc) is 3.01. The van der Waals surface area contributed by atoms with Crippen LogP contribution < -0.4 is 4.90 Å². The Bertz CT molecular complexity index is 747. The smallest absolute Gasteiger partial charge is 0.391 e. The number of nitriles is 1. The second-order valence-electron chi connectivity index (χ2n) is 5.86. The van der Waals surface area contributed by atoms with E-state index in [1.807, 2.05) is 6.07 Å². The lowest BCUT2D eigenvalue weighted by atomic mass is 10.0. The summed E-state index contributed by atoms with van der Waals surface area (Å²) in [6, 6.07) is 0.0910. The van der Waals surface area contributed by atoms with E-state index in [0.29, 0.717) is 4.90 Å². The Morgan fingerprint density at radius 2 is 2.08 bits per heavy atom. The highest BCUT2D eigenvalue weighted by Gasteiger charge is 2.62. The van der Waals surface area contributed by atoms with Crippen LogP contribution in [-0.4, -0.2) is 46.9 Å². The lowest BCUT2D eigenvalue weighted by Gasteiger charge is -2.30. The minimum atomic E-state index is -4.72. The number of anilines is 1. The van der Waals surface area contributed by atoms with Crippen molar-refractivity contribution in [1.82, 2.24) is 4.90 Å². The first-order valence-corrected chi connectivity index (χ1v) is 7.60. The van der Waals surface area contributed by atoms with Crippen LogP contribution in [0.3, 0.4) is 0 Å². The maximum Gasteiger partial charge on any atom is 0.411 e. The van der Waals surface area contributed by atoms with Crippen molar-refractivity contribution in [2.45, 2.75) is 37.7 Å². The van der Waals surface area contributed by atoms with Gasteiger partial charge in [0.15, 0.2) is 6.04 Å². The number of aliphatic hydroxyl groups excluding tert-OH is 1. The van der Waals surface area contributed by atoms with Gasteiger partial charge in [0.05, 0.1) is 28.4 Å². The van der Waals surface area contributed by atoms with E-state index in [9.17, 15) is 23.1 Å². The predicted molar refractivity (Wildman–Crippen MR) is 79.7 cm³/mol. The van der Waals surface area contributed by atoms with Gasteiger partial charge in [-0.05, 0) is 31.0 Å². The first-order valence-electron chi connectivity index (χ1n) is 7.22. The minimum absolute atomic E-state index is 0.00655. The van der Waals surface area contributed by atoms with Gasteiger partial charge < -0.3 is 10.0 Å². The number of nitrogens with zero attached hydrogens (tertiary/aromatic N) is 3. The second-order valence-corrected chi connectivity index (χ2v) is 6.24. The zero-order valence-corrected chi connectivity index (χ0v) is 13.3. The lowest BCUT2D eigenvalue weighted by molar-refractivity contribution is -0.156. The summed E-state index contributed by atoms with van der Waals surface area (Å²) in [7, 11) is 0. The molecule has 2 saturated heterocycles. The van der Waals surface area contributed by atoms with E-state index in [0.717, 1.165) is 4.90 Å². The molecule has 2 aliphatic heterocycles. The van der Waals surface area contributed by atoms with E-state index in [4.69, 9.17) is 16.9 Å². The normalized spacial score (nSPS) is 26.7. The van der Waals surface area contributed by atoms with E-state index in [1.165, 1.54) is 19.1 Å². The van der Waals surface area contributed by atoms with Crippen molar-refractivity contribution in [2.75, 3.05) is 11.4 Å². The number of hydrogen-bond donors (Lipinski definition) is 1. The SMILES string of the molecule is Cc1c(N2C(=O)N3CC[C@@H](O)[C@H]3[C@H]2C(F)(F)F)ccc(C#N)c1Cl. The summed E-state index contributed by atoms with van der Waals surface area (Å²) in [5.74, 6) is 0. The number of carbonyl (C=O) groups is 1. The number of fused-ring (bicyclic) bond motifs is 1. The standard InChI is InChI=1S/C15H13ClF3N3O2/c1-7-9(3-2-8(6-20)11(7)16)22-13(15(17,18)19)12-10(23)4-5-21(12)14(22)24/h2-3,10,12-13,23H,4-5H2,1H3/t10-,12+,13+/m1/s1. The van der Waals surface area contributed by atoms with E-state index in [2.05, 4.69) is 0 Å². The van der Waals surface area contributed by atoms with Gasteiger partial charge >= 0.3 is 12.2 Å². The third kappa shape index (κ3) is 2.31. The fourth-order valence-corrected chi connectivity index (χ4v) is 3.63. The highest BCUT2D eigenvalue weighted by molar-refractivity contribution is 6.33. The fourth-order valence-electron chi connectivity index (χ4n) is 3.43. The summed E-state index contributed by atoms with van der Waals surface area (Å²) in [6.07, 6.45) is -5.84. The highest BCUT2D eigenvalue weighted by Crippen LogP contribution is 2.44. The first kappa shape index (κ1) is 16.9. The molecule has 2 amide bonds. The third-order valence-corrected chi connectivity index (χ3v) is 5.03. The molecule has 0 saturated carbocycles. The molecule has 0 aromatic heterocycles. The maximum atomic E-state index is 13.6. The third-order valence-electron chi connectivity index (χ3n) is 4.55. The number of carbonyl (C=O) groups excluding carboxylic acids is 1. The van der Waals surface area contributed by atoms with E-state index in [-0.39, 0.29) is 34.8 Å². The summed E-state index contributed by atoms with van der Waals surface area (Å²) in [6.45, 7) is 1.52. The van der Waals surface area contributed by atoms with Gasteiger partial charge in [0.1, 0.15) is 6.07 Å². The fraction of sp³-hybridized carbons (Fsp3) is 0.467. The molecule has 1 aromatic carbocycles. The van der Waals surface area contributed by atoms with Crippen LogP contribution in [0.25, 0.3) is 0 Å². The topological polar surface area (TPSA) is 67.6 Å². The molecule has 3 rings (SSSR count). The van der Waals surface area contributed by atoms with Gasteiger partial charge in [-0.1, -0.05) is 11.6 Å². The predicted octanol–water partition coefficient (Wildman–Crippen LogP) is 2.83. The molecule has 0 unspecified atom stereocenters. The molecule has 2 fully saturated rings. The summed E-state index contributed by atoms with van der Waals surface area (Å²) in [4.78, 5) is 14.2. The van der Waals surface area contributed by atoms with Crippen LogP contribution >= 0.6 is 11.6 Å². The van der Waals surface area contributed by atoms with E-state index in [1.54, 1.807) is 0 Å². The molecule has 9 heteroatoms. The Morgan fingerprint density at radius 3 is 2.67 bits per heavy atom. The van der Waals surface area contributed by atoms with Crippen molar-refractivity contribution >= 4 is 23.3 Å². The molecule has 5 nitrogen and oxygen atoms in total. The van der Waals surface area contributed by atoms with Crippen molar-refractivity contribution in [3.05, 3.63) is 28.3 Å². The molecule has 3 atom stereocenters. The van der Waals surface area contributed by atoms with Crippen LogP contribution in [0.5, 0.6) is 0 Å². The van der Waals surface area contributed by atoms with E-state index < -0.39 is 30.4 Å². The number of benzene rings is 1. The number of aliphatic hydroxyl groups is 1. The van der Waals surface area contributed by atoms with Crippen molar-refractivity contribution in [3.8, 4) is 6.07 Å². The molecular weight excluding hydrogens is 347 g/mol. The van der Waals surface area contributed by atoms with Crippen LogP contribution in [0.1, 0.15) is 17.5 Å². The van der Waals surface area contributed by atoms with Crippen molar-refractivity contribution in [3.63, 3.8) is 0 Å². The monoisotopic (exact) mass is 359 g/mol. The number of alkyl halides is 3. The molecule has 1 aromatic rings. The van der Waals surface area contributed by atoms with Crippen molar-refractivity contribution in [2.24, 2.45) is 0 Å². The maximum absolute atomic E-state index is 13.6. The zero-order valence-electron chi connectivity index (χ0n) is 12.5. The summed E-state index contributed by atoms with van der Waals surface area (Å²) in [5.41, 5.74) is 0.329. The molecule has 0 radical (unpaired) electrons. The van der Waals surface area contributed by atoms with Crippen LogP contribution in [0, 0.1) is 18.3 Å². The molecule has 128 valence electrons. The zero-order chi connectivity index (χ0) is 17.8. The first-order chi connectivity index (χ1) is 11.2. The van der Waals surface area contributed by atoms with Gasteiger partial charge in [0, 0.05) is 6.54 Å². The molecule has 0 aliphatic carbocycles. The van der Waals surface area contributed by atoms with Gasteiger partial charge in [-0.3, -0.25) is 4.90 Å². The van der Waals surface area contributed by atoms with Crippen LogP contribution in [-0.2, 0) is 0 Å². The summed E-state index contributed by atoms with van der Waals surface area (Å²) in [5, 5.41) is 18.9. The van der Waals surface area contributed by atoms with Crippen molar-refractivity contribution in [1.29, 1.82) is 5.26 Å². The Kier molecular flexibility index (Phi) is 3.89. The number of rotatable bonds is 1. The molecule has 2 aliphatic rings. The molecule has 0 bridgehead atoms. The quantitative estimate of drug-likeness (QED) is 0.838. The van der Waals surface area contributed by atoms with Gasteiger partial charge in [-0.25, -0.2) is 4.79 Å². The largest absolute Gasteiger partial charge is 0.411 e. The van der Waals surface area contributed by atoms with Gasteiger partial charge in [0.25, 0.3) is 0 Å². The number of halogens is 4. The second kappa shape index (κ2) is 5.53. The Balaban J connectivity index is 2.14. The average molecular weight is 360 g/mol. The Hall–Kier alpha value is -1.98. The highest BCUT2D eigenvalue weighted by atomic mass is 35.5. The Labute approximate surface area is 140 Å². The number of amides is 2. The summed E-state index contributed by atoms with van der Waals surface area (Å²) < 4.78 is 40.9. The van der Waals surface area contributed by atoms with Crippen LogP contribution in [0.15, 0.2) is 12.1 Å². The minimum Gasteiger partial charge on any atom is -0.391 e. The molecule has 24 heavy (non-hydrogen) atoms. The number of hydrogen-bond acceptors (Lipinski definition) is 3.